The fourth-order valence-corrected chi connectivity index (χ4v) is 1.11. The van der Waals surface area contributed by atoms with Crippen LogP contribution in [0.4, 0.5) is 0 Å². The summed E-state index contributed by atoms with van der Waals surface area (Å²) in [7, 11) is 0. The Bertz CT molecular complexity index is 412. The van der Waals surface area contributed by atoms with Gasteiger partial charge in [-0.15, -0.1) is 0 Å². The monoisotopic (exact) mass is 344 g/mol. The highest BCUT2D eigenvalue weighted by atomic mass is 16.5. The Morgan fingerprint density at radius 2 is 1.42 bits per heavy atom. The van der Waals surface area contributed by atoms with Crippen molar-refractivity contribution < 1.29 is 29.3 Å². The van der Waals surface area contributed by atoms with E-state index in [0.29, 0.717) is 17.8 Å². The molecule has 0 aromatic rings. The van der Waals surface area contributed by atoms with Gasteiger partial charge in [-0.2, -0.15) is 0 Å². The van der Waals surface area contributed by atoms with Crippen LogP contribution in [0.5, 0.6) is 0 Å². The Balaban J connectivity index is 0. The van der Waals surface area contributed by atoms with Gasteiger partial charge in [0.05, 0.1) is 19.8 Å². The molecule has 0 radical (unpaired) electrons. The van der Waals surface area contributed by atoms with E-state index in [2.05, 4.69) is 13.2 Å². The molecule has 0 rings (SSSR count). The normalized spacial score (nSPS) is 10.2. The average molecular weight is 344 g/mol. The Hall–Kier alpha value is -1.66. The van der Waals surface area contributed by atoms with Crippen LogP contribution in [0.3, 0.4) is 0 Å². The largest absolute Gasteiger partial charge is 0.462 e. The van der Waals surface area contributed by atoms with Crippen LogP contribution in [0.1, 0.15) is 47.0 Å². The first-order valence-electron chi connectivity index (χ1n) is 7.94. The standard InChI is InChI=1S/2C9H16O3/c1-7(2)8(11)12-6-9(3,4)5-10;1-8(2)9(11)12-7-5-3-4-6-10/h10H,1,5-6H2,2-4H3;10H,1,3-7H2,2H3. The number of ether oxygens (including phenoxy) is 2. The second-order valence-electron chi connectivity index (χ2n) is 6.38. The van der Waals surface area contributed by atoms with Crippen molar-refractivity contribution in [2.45, 2.75) is 47.0 Å². The quantitative estimate of drug-likeness (QED) is 0.359. The molecule has 0 fully saturated rings. The van der Waals surface area contributed by atoms with Gasteiger partial charge < -0.3 is 19.7 Å². The number of esters is 2. The van der Waals surface area contributed by atoms with E-state index in [4.69, 9.17) is 19.7 Å². The molecule has 0 aliphatic carbocycles. The molecule has 0 spiro atoms. The molecule has 0 amide bonds. The summed E-state index contributed by atoms with van der Waals surface area (Å²) < 4.78 is 9.69. The van der Waals surface area contributed by atoms with Gasteiger partial charge in [0.25, 0.3) is 0 Å². The summed E-state index contributed by atoms with van der Waals surface area (Å²) in [5, 5.41) is 17.3. The molecular formula is C18H32O6. The van der Waals surface area contributed by atoms with E-state index in [1.54, 1.807) is 13.8 Å². The van der Waals surface area contributed by atoms with Crippen molar-refractivity contribution in [2.24, 2.45) is 5.41 Å². The van der Waals surface area contributed by atoms with Crippen LogP contribution < -0.4 is 0 Å². The maximum atomic E-state index is 10.9. The predicted molar refractivity (Wildman–Crippen MR) is 93.3 cm³/mol. The zero-order chi connectivity index (χ0) is 19.2. The van der Waals surface area contributed by atoms with Gasteiger partial charge in [-0.25, -0.2) is 9.59 Å². The van der Waals surface area contributed by atoms with Crippen LogP contribution in [0, 0.1) is 5.41 Å². The number of hydrogen-bond acceptors (Lipinski definition) is 6. The van der Waals surface area contributed by atoms with E-state index in [1.807, 2.05) is 13.8 Å². The molecule has 0 atom stereocenters. The maximum absolute atomic E-state index is 10.9. The molecule has 0 aromatic carbocycles. The molecule has 24 heavy (non-hydrogen) atoms. The minimum Gasteiger partial charge on any atom is -0.462 e. The number of rotatable bonds is 10. The van der Waals surface area contributed by atoms with Crippen molar-refractivity contribution in [3.63, 3.8) is 0 Å². The molecule has 0 aliphatic rings. The van der Waals surface area contributed by atoms with Gasteiger partial charge in [0.1, 0.15) is 0 Å². The first-order chi connectivity index (χ1) is 11.1. The van der Waals surface area contributed by atoms with Crippen LogP contribution in [-0.2, 0) is 19.1 Å². The van der Waals surface area contributed by atoms with Crippen molar-refractivity contribution in [1.82, 2.24) is 0 Å². The first-order valence-corrected chi connectivity index (χ1v) is 7.94. The van der Waals surface area contributed by atoms with Gasteiger partial charge in [0, 0.05) is 23.2 Å². The van der Waals surface area contributed by atoms with Crippen LogP contribution >= 0.6 is 0 Å². The Labute approximate surface area is 145 Å². The highest BCUT2D eigenvalue weighted by Crippen LogP contribution is 2.14. The van der Waals surface area contributed by atoms with Crippen molar-refractivity contribution >= 4 is 11.9 Å². The zero-order valence-corrected chi connectivity index (χ0v) is 15.4. The summed E-state index contributed by atoms with van der Waals surface area (Å²) in [5.41, 5.74) is 0.436. The maximum Gasteiger partial charge on any atom is 0.333 e. The van der Waals surface area contributed by atoms with E-state index in [-0.39, 0.29) is 31.2 Å². The molecule has 140 valence electrons. The third-order valence-corrected chi connectivity index (χ3v) is 2.75. The molecule has 0 heterocycles. The molecule has 6 heteroatoms. The number of hydrogen-bond donors (Lipinski definition) is 2. The second kappa shape index (κ2) is 13.7. The zero-order valence-electron chi connectivity index (χ0n) is 15.4. The van der Waals surface area contributed by atoms with E-state index >= 15 is 0 Å². The van der Waals surface area contributed by atoms with E-state index in [0.717, 1.165) is 19.3 Å². The van der Waals surface area contributed by atoms with E-state index in [1.165, 1.54) is 0 Å². The Morgan fingerprint density at radius 3 is 1.83 bits per heavy atom. The van der Waals surface area contributed by atoms with E-state index < -0.39 is 5.97 Å². The molecule has 0 saturated carbocycles. The smallest absolute Gasteiger partial charge is 0.333 e. The van der Waals surface area contributed by atoms with Crippen molar-refractivity contribution in [1.29, 1.82) is 0 Å². The lowest BCUT2D eigenvalue weighted by molar-refractivity contribution is -0.142. The molecule has 6 nitrogen and oxygen atoms in total. The topological polar surface area (TPSA) is 93.1 Å². The number of aliphatic hydroxyl groups excluding tert-OH is 2. The van der Waals surface area contributed by atoms with Gasteiger partial charge in [-0.05, 0) is 33.1 Å². The summed E-state index contributed by atoms with van der Waals surface area (Å²) in [5.74, 6) is -0.740. The Kier molecular flexibility index (Phi) is 14.1. The average Bonchev–Trinajstić information content (AvgIpc) is 2.52. The number of carbonyl (C=O) groups is 2. The minimum atomic E-state index is -0.406. The van der Waals surface area contributed by atoms with Gasteiger partial charge in [-0.1, -0.05) is 27.0 Å². The predicted octanol–water partition coefficient (Wildman–Crippen LogP) is 2.39. The SMILES string of the molecule is C=C(C)C(=O)OCC(C)(C)CO.C=C(C)C(=O)OCCCCCO. The lowest BCUT2D eigenvalue weighted by atomic mass is 9.97. The van der Waals surface area contributed by atoms with Crippen molar-refractivity contribution in [3.05, 3.63) is 24.3 Å². The highest BCUT2D eigenvalue weighted by Gasteiger charge is 2.19. The summed E-state index contributed by atoms with van der Waals surface area (Å²) in [6.45, 7) is 14.6. The fourth-order valence-electron chi connectivity index (χ4n) is 1.11. The van der Waals surface area contributed by atoms with Gasteiger partial charge in [0.2, 0.25) is 0 Å². The molecular weight excluding hydrogens is 312 g/mol. The molecule has 0 saturated heterocycles. The lowest BCUT2D eigenvalue weighted by Gasteiger charge is -2.20. The highest BCUT2D eigenvalue weighted by molar-refractivity contribution is 5.87. The molecule has 0 unspecified atom stereocenters. The van der Waals surface area contributed by atoms with Crippen LogP contribution in [0.25, 0.3) is 0 Å². The van der Waals surface area contributed by atoms with Crippen LogP contribution in [0.2, 0.25) is 0 Å². The number of carbonyl (C=O) groups excluding carboxylic acids is 2. The summed E-state index contributed by atoms with van der Waals surface area (Å²) in [6, 6.07) is 0. The van der Waals surface area contributed by atoms with Crippen molar-refractivity contribution in [2.75, 3.05) is 26.4 Å². The van der Waals surface area contributed by atoms with Gasteiger partial charge in [0.15, 0.2) is 0 Å². The van der Waals surface area contributed by atoms with E-state index in [9.17, 15) is 9.59 Å². The van der Waals surface area contributed by atoms with Crippen LogP contribution in [0.15, 0.2) is 24.3 Å². The lowest BCUT2D eigenvalue weighted by Crippen LogP contribution is -2.25. The summed E-state index contributed by atoms with van der Waals surface area (Å²) >= 11 is 0. The molecule has 0 bridgehead atoms. The molecule has 0 aromatic heterocycles. The van der Waals surface area contributed by atoms with Crippen LogP contribution in [-0.4, -0.2) is 48.6 Å². The second-order valence-corrected chi connectivity index (χ2v) is 6.38. The Morgan fingerprint density at radius 1 is 0.917 bits per heavy atom. The third kappa shape index (κ3) is 15.2. The number of aliphatic hydroxyl groups is 2. The molecule has 0 aliphatic heterocycles. The fraction of sp³-hybridized carbons (Fsp3) is 0.667. The minimum absolute atomic E-state index is 0.00350. The third-order valence-electron chi connectivity index (χ3n) is 2.75. The first kappa shape index (κ1) is 24.6. The van der Waals surface area contributed by atoms with Crippen molar-refractivity contribution in [3.8, 4) is 0 Å². The van der Waals surface area contributed by atoms with Gasteiger partial charge in [-0.3, -0.25) is 0 Å². The molecule has 2 N–H and O–H groups in total. The number of unbranched alkanes of at least 4 members (excludes halogenated alkanes) is 2. The van der Waals surface area contributed by atoms with Gasteiger partial charge >= 0.3 is 11.9 Å². The summed E-state index contributed by atoms with van der Waals surface area (Å²) in [6.07, 6.45) is 2.46. The summed E-state index contributed by atoms with van der Waals surface area (Å²) in [4.78, 5) is 21.7.